The summed E-state index contributed by atoms with van der Waals surface area (Å²) in [6, 6.07) is -0.196. The summed E-state index contributed by atoms with van der Waals surface area (Å²) in [5.74, 6) is 0. The second-order valence-corrected chi connectivity index (χ2v) is 3.34. The van der Waals surface area contributed by atoms with E-state index in [0.29, 0.717) is 19.6 Å². The van der Waals surface area contributed by atoms with Crippen molar-refractivity contribution in [1.82, 2.24) is 5.32 Å². The van der Waals surface area contributed by atoms with Crippen LogP contribution in [-0.4, -0.2) is 59.9 Å². The van der Waals surface area contributed by atoms with Gasteiger partial charge in [-0.25, -0.2) is 0 Å². The Labute approximate surface area is 77.3 Å². The molecule has 78 valence electrons. The van der Waals surface area contributed by atoms with E-state index in [-0.39, 0.29) is 6.04 Å². The highest BCUT2D eigenvalue weighted by Gasteiger charge is 2.35. The molecule has 0 spiro atoms. The predicted molar refractivity (Wildman–Crippen MR) is 46.3 cm³/mol. The fourth-order valence-electron chi connectivity index (χ4n) is 1.50. The van der Waals surface area contributed by atoms with Gasteiger partial charge in [0.05, 0.1) is 12.2 Å². The topological polar surface area (TPSA) is 82.0 Å². The molecule has 1 aliphatic heterocycles. The molecular weight excluding hydrogens is 174 g/mol. The van der Waals surface area contributed by atoms with Gasteiger partial charge in [0.1, 0.15) is 6.10 Å². The van der Waals surface area contributed by atoms with E-state index < -0.39 is 18.3 Å². The minimum absolute atomic E-state index is 0.196. The first kappa shape index (κ1) is 10.9. The minimum atomic E-state index is -1.05. The molecule has 1 fully saturated rings. The lowest BCUT2D eigenvalue weighted by molar-refractivity contribution is -0.0970. The highest BCUT2D eigenvalue weighted by Crippen LogP contribution is 2.12. The summed E-state index contributed by atoms with van der Waals surface area (Å²) >= 11 is 0. The van der Waals surface area contributed by atoms with E-state index in [2.05, 4.69) is 5.32 Å². The van der Waals surface area contributed by atoms with Gasteiger partial charge in [0.15, 0.2) is 0 Å². The molecule has 4 atom stereocenters. The summed E-state index contributed by atoms with van der Waals surface area (Å²) in [6.07, 6.45) is -2.22. The van der Waals surface area contributed by atoms with E-state index >= 15 is 0 Å². The molecule has 0 aromatic heterocycles. The summed E-state index contributed by atoms with van der Waals surface area (Å²) in [7, 11) is 1.58. The standard InChI is InChI=1S/C8H17NO4/c1-13-3-2-5-7(11)8(12)6(10)4-9-5/h5-12H,2-4H2,1H3/t5-,6+,7-,8-/m1/s1. The summed E-state index contributed by atoms with van der Waals surface area (Å²) in [4.78, 5) is 0. The van der Waals surface area contributed by atoms with Gasteiger partial charge >= 0.3 is 0 Å². The molecule has 0 aromatic rings. The van der Waals surface area contributed by atoms with Crippen LogP contribution in [0.5, 0.6) is 0 Å². The van der Waals surface area contributed by atoms with Crippen molar-refractivity contribution in [3.8, 4) is 0 Å². The Morgan fingerprint density at radius 3 is 2.62 bits per heavy atom. The van der Waals surface area contributed by atoms with Gasteiger partial charge in [-0.1, -0.05) is 0 Å². The number of β-amino-alcohol motifs (C(OH)–C–C–N with tert-alkyl or cyclic N) is 1. The van der Waals surface area contributed by atoms with Crippen LogP contribution in [-0.2, 0) is 4.74 Å². The van der Waals surface area contributed by atoms with Gasteiger partial charge in [-0.05, 0) is 6.42 Å². The smallest absolute Gasteiger partial charge is 0.108 e. The summed E-state index contributed by atoms with van der Waals surface area (Å²) in [6.45, 7) is 0.837. The molecular formula is C8H17NO4. The number of nitrogens with one attached hydrogen (secondary N) is 1. The molecule has 0 bridgehead atoms. The van der Waals surface area contributed by atoms with Crippen molar-refractivity contribution in [2.24, 2.45) is 0 Å². The average Bonchev–Trinajstić information content (AvgIpc) is 2.13. The lowest BCUT2D eigenvalue weighted by Crippen LogP contribution is -2.59. The predicted octanol–water partition coefficient (Wildman–Crippen LogP) is -1.92. The third-order valence-electron chi connectivity index (χ3n) is 2.38. The number of rotatable bonds is 3. The fourth-order valence-corrected chi connectivity index (χ4v) is 1.50. The fraction of sp³-hybridized carbons (Fsp3) is 1.00. The van der Waals surface area contributed by atoms with Gasteiger partial charge in [0.25, 0.3) is 0 Å². The van der Waals surface area contributed by atoms with E-state index in [1.165, 1.54) is 0 Å². The third kappa shape index (κ3) is 2.62. The van der Waals surface area contributed by atoms with Crippen LogP contribution in [0.2, 0.25) is 0 Å². The molecule has 0 radical (unpaired) electrons. The quantitative estimate of drug-likeness (QED) is 0.418. The van der Waals surface area contributed by atoms with Crippen molar-refractivity contribution < 1.29 is 20.1 Å². The molecule has 0 aromatic carbocycles. The minimum Gasteiger partial charge on any atom is -0.389 e. The van der Waals surface area contributed by atoms with Crippen LogP contribution >= 0.6 is 0 Å². The molecule has 0 unspecified atom stereocenters. The molecule has 4 N–H and O–H groups in total. The maximum Gasteiger partial charge on any atom is 0.108 e. The van der Waals surface area contributed by atoms with Gasteiger partial charge in [-0.15, -0.1) is 0 Å². The van der Waals surface area contributed by atoms with E-state index in [1.54, 1.807) is 7.11 Å². The van der Waals surface area contributed by atoms with Crippen LogP contribution in [0.3, 0.4) is 0 Å². The van der Waals surface area contributed by atoms with Crippen LogP contribution in [0.25, 0.3) is 0 Å². The summed E-state index contributed by atoms with van der Waals surface area (Å²) < 4.78 is 4.86. The normalized spacial score (nSPS) is 40.6. The van der Waals surface area contributed by atoms with Gasteiger partial charge in [0.2, 0.25) is 0 Å². The molecule has 1 aliphatic rings. The van der Waals surface area contributed by atoms with Crippen LogP contribution in [0.4, 0.5) is 0 Å². The SMILES string of the molecule is COCC[C@H]1NC[C@H](O)[C@@H](O)[C@@H]1O. The zero-order chi connectivity index (χ0) is 9.84. The van der Waals surface area contributed by atoms with E-state index in [1.807, 2.05) is 0 Å². The monoisotopic (exact) mass is 191 g/mol. The second-order valence-electron chi connectivity index (χ2n) is 3.34. The molecule has 1 saturated heterocycles. The van der Waals surface area contributed by atoms with Crippen molar-refractivity contribution in [2.75, 3.05) is 20.3 Å². The Morgan fingerprint density at radius 2 is 2.00 bits per heavy atom. The zero-order valence-corrected chi connectivity index (χ0v) is 7.68. The van der Waals surface area contributed by atoms with Gasteiger partial charge in [-0.2, -0.15) is 0 Å². The molecule has 0 saturated carbocycles. The molecule has 5 heteroatoms. The third-order valence-corrected chi connectivity index (χ3v) is 2.38. The van der Waals surface area contributed by atoms with Crippen LogP contribution in [0, 0.1) is 0 Å². The second kappa shape index (κ2) is 4.88. The number of piperidine rings is 1. The molecule has 13 heavy (non-hydrogen) atoms. The first-order chi connectivity index (χ1) is 6.16. The molecule has 0 aliphatic carbocycles. The van der Waals surface area contributed by atoms with Crippen molar-refractivity contribution in [3.05, 3.63) is 0 Å². The maximum atomic E-state index is 9.51. The van der Waals surface area contributed by atoms with Crippen molar-refractivity contribution in [1.29, 1.82) is 0 Å². The number of ether oxygens (including phenoxy) is 1. The van der Waals surface area contributed by atoms with Gasteiger partial charge in [0, 0.05) is 26.3 Å². The molecule has 1 rings (SSSR count). The van der Waals surface area contributed by atoms with E-state index in [9.17, 15) is 15.3 Å². The molecule has 5 nitrogen and oxygen atoms in total. The van der Waals surface area contributed by atoms with Crippen molar-refractivity contribution in [3.63, 3.8) is 0 Å². The first-order valence-corrected chi connectivity index (χ1v) is 4.43. The molecule has 0 amide bonds. The van der Waals surface area contributed by atoms with Gasteiger partial charge in [-0.3, -0.25) is 0 Å². The Morgan fingerprint density at radius 1 is 1.31 bits per heavy atom. The highest BCUT2D eigenvalue weighted by molar-refractivity contribution is 4.91. The maximum absolute atomic E-state index is 9.51. The van der Waals surface area contributed by atoms with Gasteiger partial charge < -0.3 is 25.4 Å². The van der Waals surface area contributed by atoms with Crippen molar-refractivity contribution in [2.45, 2.75) is 30.8 Å². The van der Waals surface area contributed by atoms with Crippen LogP contribution < -0.4 is 5.32 Å². The summed E-state index contributed by atoms with van der Waals surface area (Å²) in [5, 5.41) is 31.0. The Balaban J connectivity index is 2.39. The van der Waals surface area contributed by atoms with Crippen molar-refractivity contribution >= 4 is 0 Å². The highest BCUT2D eigenvalue weighted by atomic mass is 16.5. The Kier molecular flexibility index (Phi) is 4.08. The largest absolute Gasteiger partial charge is 0.389 e. The summed E-state index contributed by atoms with van der Waals surface area (Å²) in [5.41, 5.74) is 0. The Bertz CT molecular complexity index is 153. The van der Waals surface area contributed by atoms with E-state index in [0.717, 1.165) is 0 Å². The number of aliphatic hydroxyl groups excluding tert-OH is 3. The Hall–Kier alpha value is -0.200. The lowest BCUT2D eigenvalue weighted by atomic mass is 9.94. The van der Waals surface area contributed by atoms with Crippen LogP contribution in [0.1, 0.15) is 6.42 Å². The number of methoxy groups -OCH3 is 1. The van der Waals surface area contributed by atoms with E-state index in [4.69, 9.17) is 4.74 Å². The number of hydrogen-bond donors (Lipinski definition) is 4. The first-order valence-electron chi connectivity index (χ1n) is 4.43. The number of aliphatic hydroxyl groups is 3. The molecule has 1 heterocycles. The zero-order valence-electron chi connectivity index (χ0n) is 7.68. The number of hydrogen-bond acceptors (Lipinski definition) is 5. The lowest BCUT2D eigenvalue weighted by Gasteiger charge is -2.36. The van der Waals surface area contributed by atoms with Crippen LogP contribution in [0.15, 0.2) is 0 Å². The average molecular weight is 191 g/mol.